The largest absolute Gasteiger partial charge is 0.356 e. The van der Waals surface area contributed by atoms with Crippen molar-refractivity contribution in [2.24, 2.45) is 11.8 Å². The number of carbonyl (C=O) groups is 1. The SMILES string of the molecule is O=C(NCCCC1CCCC1)C1CCCC1. The van der Waals surface area contributed by atoms with E-state index in [4.69, 9.17) is 0 Å². The van der Waals surface area contributed by atoms with Crippen molar-refractivity contribution in [1.29, 1.82) is 0 Å². The summed E-state index contributed by atoms with van der Waals surface area (Å²) in [6.07, 6.45) is 13.0. The third-order valence-corrected chi connectivity index (χ3v) is 4.29. The summed E-state index contributed by atoms with van der Waals surface area (Å²) in [6, 6.07) is 0. The maximum absolute atomic E-state index is 11.7. The molecular formula is C14H25NO. The van der Waals surface area contributed by atoms with Crippen molar-refractivity contribution in [3.05, 3.63) is 0 Å². The molecular weight excluding hydrogens is 198 g/mol. The van der Waals surface area contributed by atoms with E-state index in [0.717, 1.165) is 25.3 Å². The van der Waals surface area contributed by atoms with Crippen LogP contribution in [0.3, 0.4) is 0 Å². The van der Waals surface area contributed by atoms with E-state index >= 15 is 0 Å². The Bertz CT molecular complexity index is 215. The van der Waals surface area contributed by atoms with E-state index in [1.807, 2.05) is 0 Å². The molecule has 1 amide bonds. The second-order valence-corrected chi connectivity index (χ2v) is 5.57. The maximum Gasteiger partial charge on any atom is 0.223 e. The first kappa shape index (κ1) is 11.9. The van der Waals surface area contributed by atoms with E-state index in [2.05, 4.69) is 5.32 Å². The minimum absolute atomic E-state index is 0.323. The minimum atomic E-state index is 0.323. The van der Waals surface area contributed by atoms with Crippen molar-refractivity contribution in [2.45, 2.75) is 64.2 Å². The Hall–Kier alpha value is -0.530. The average Bonchev–Trinajstić information content (AvgIpc) is 2.96. The van der Waals surface area contributed by atoms with E-state index in [1.54, 1.807) is 0 Å². The zero-order valence-electron chi connectivity index (χ0n) is 10.3. The number of amides is 1. The molecule has 2 saturated carbocycles. The van der Waals surface area contributed by atoms with Gasteiger partial charge >= 0.3 is 0 Å². The van der Waals surface area contributed by atoms with Crippen LogP contribution in [0.5, 0.6) is 0 Å². The number of hydrogen-bond acceptors (Lipinski definition) is 1. The molecule has 2 aliphatic carbocycles. The van der Waals surface area contributed by atoms with E-state index < -0.39 is 0 Å². The summed E-state index contributed by atoms with van der Waals surface area (Å²) >= 11 is 0. The van der Waals surface area contributed by atoms with Crippen molar-refractivity contribution in [3.63, 3.8) is 0 Å². The van der Waals surface area contributed by atoms with Crippen LogP contribution < -0.4 is 5.32 Å². The molecule has 0 heterocycles. The van der Waals surface area contributed by atoms with Gasteiger partial charge in [-0.3, -0.25) is 4.79 Å². The van der Waals surface area contributed by atoms with Gasteiger partial charge in [0, 0.05) is 12.5 Å². The molecule has 0 aromatic heterocycles. The highest BCUT2D eigenvalue weighted by Gasteiger charge is 2.22. The van der Waals surface area contributed by atoms with Gasteiger partial charge in [-0.05, 0) is 31.6 Å². The third kappa shape index (κ3) is 3.50. The van der Waals surface area contributed by atoms with Crippen molar-refractivity contribution in [1.82, 2.24) is 5.32 Å². The molecule has 0 aliphatic heterocycles. The van der Waals surface area contributed by atoms with Gasteiger partial charge in [0.15, 0.2) is 0 Å². The van der Waals surface area contributed by atoms with Crippen LogP contribution in [0.2, 0.25) is 0 Å². The fourth-order valence-electron chi connectivity index (χ4n) is 3.23. The maximum atomic E-state index is 11.7. The zero-order chi connectivity index (χ0) is 11.2. The van der Waals surface area contributed by atoms with Crippen LogP contribution in [0.4, 0.5) is 0 Å². The van der Waals surface area contributed by atoms with Crippen molar-refractivity contribution in [3.8, 4) is 0 Å². The molecule has 2 nitrogen and oxygen atoms in total. The van der Waals surface area contributed by atoms with Gasteiger partial charge in [0.2, 0.25) is 5.91 Å². The quantitative estimate of drug-likeness (QED) is 0.712. The summed E-state index contributed by atoms with van der Waals surface area (Å²) in [5.41, 5.74) is 0. The first-order chi connectivity index (χ1) is 7.86. The Morgan fingerprint density at radius 2 is 1.62 bits per heavy atom. The van der Waals surface area contributed by atoms with E-state index in [-0.39, 0.29) is 0 Å². The van der Waals surface area contributed by atoms with Crippen LogP contribution in [0.25, 0.3) is 0 Å². The van der Waals surface area contributed by atoms with Crippen LogP contribution in [0.15, 0.2) is 0 Å². The van der Waals surface area contributed by atoms with Crippen molar-refractivity contribution >= 4 is 5.91 Å². The highest BCUT2D eigenvalue weighted by molar-refractivity contribution is 5.78. The van der Waals surface area contributed by atoms with Gasteiger partial charge < -0.3 is 5.32 Å². The van der Waals surface area contributed by atoms with E-state index in [9.17, 15) is 4.79 Å². The van der Waals surface area contributed by atoms with Crippen LogP contribution in [0.1, 0.15) is 64.2 Å². The Morgan fingerprint density at radius 3 is 2.31 bits per heavy atom. The topological polar surface area (TPSA) is 29.1 Å². The summed E-state index contributed by atoms with van der Waals surface area (Å²) in [5.74, 6) is 1.62. The molecule has 0 radical (unpaired) electrons. The average molecular weight is 223 g/mol. The predicted octanol–water partition coefficient (Wildman–Crippen LogP) is 3.26. The standard InChI is InChI=1S/C14H25NO/c16-14(13-9-3-4-10-13)15-11-5-8-12-6-1-2-7-12/h12-13H,1-11H2,(H,15,16). The van der Waals surface area contributed by atoms with Crippen LogP contribution in [0, 0.1) is 11.8 Å². The molecule has 0 aromatic rings. The highest BCUT2D eigenvalue weighted by atomic mass is 16.1. The lowest BCUT2D eigenvalue weighted by molar-refractivity contribution is -0.124. The second kappa shape index (κ2) is 6.27. The fourth-order valence-corrected chi connectivity index (χ4v) is 3.23. The zero-order valence-corrected chi connectivity index (χ0v) is 10.3. The molecule has 2 fully saturated rings. The summed E-state index contributed by atoms with van der Waals surface area (Å²) < 4.78 is 0. The smallest absolute Gasteiger partial charge is 0.223 e. The monoisotopic (exact) mass is 223 g/mol. The molecule has 2 rings (SSSR count). The van der Waals surface area contributed by atoms with Gasteiger partial charge in [-0.2, -0.15) is 0 Å². The van der Waals surface area contributed by atoms with Gasteiger partial charge in [0.1, 0.15) is 0 Å². The molecule has 2 heteroatoms. The van der Waals surface area contributed by atoms with Crippen molar-refractivity contribution < 1.29 is 4.79 Å². The molecule has 0 atom stereocenters. The normalized spacial score (nSPS) is 22.8. The third-order valence-electron chi connectivity index (χ3n) is 4.29. The number of rotatable bonds is 5. The molecule has 0 unspecified atom stereocenters. The van der Waals surface area contributed by atoms with Crippen LogP contribution >= 0.6 is 0 Å². The summed E-state index contributed by atoms with van der Waals surface area (Å²) in [4.78, 5) is 11.7. The molecule has 92 valence electrons. The van der Waals surface area contributed by atoms with E-state index in [1.165, 1.54) is 51.4 Å². The first-order valence-electron chi connectivity index (χ1n) is 7.14. The summed E-state index contributed by atoms with van der Waals surface area (Å²) in [5, 5.41) is 3.11. The Morgan fingerprint density at radius 1 is 1.00 bits per heavy atom. The lowest BCUT2D eigenvalue weighted by Gasteiger charge is -2.12. The van der Waals surface area contributed by atoms with Crippen LogP contribution in [-0.4, -0.2) is 12.5 Å². The molecule has 16 heavy (non-hydrogen) atoms. The first-order valence-corrected chi connectivity index (χ1v) is 7.14. The molecule has 2 aliphatic rings. The Labute approximate surface area is 99.2 Å². The van der Waals surface area contributed by atoms with Crippen molar-refractivity contribution in [2.75, 3.05) is 6.54 Å². The van der Waals surface area contributed by atoms with Gasteiger partial charge in [-0.15, -0.1) is 0 Å². The summed E-state index contributed by atoms with van der Waals surface area (Å²) in [6.45, 7) is 0.909. The second-order valence-electron chi connectivity index (χ2n) is 5.57. The Balaban J connectivity index is 1.51. The predicted molar refractivity (Wildman–Crippen MR) is 66.2 cm³/mol. The van der Waals surface area contributed by atoms with Gasteiger partial charge in [0.05, 0.1) is 0 Å². The van der Waals surface area contributed by atoms with Gasteiger partial charge in [-0.1, -0.05) is 38.5 Å². The lowest BCUT2D eigenvalue weighted by atomic mass is 10.0. The number of carbonyl (C=O) groups excluding carboxylic acids is 1. The van der Waals surface area contributed by atoms with Gasteiger partial charge in [0.25, 0.3) is 0 Å². The fraction of sp³-hybridized carbons (Fsp3) is 0.929. The number of nitrogens with one attached hydrogen (secondary N) is 1. The Kier molecular flexibility index (Phi) is 4.68. The highest BCUT2D eigenvalue weighted by Crippen LogP contribution is 2.28. The summed E-state index contributed by atoms with van der Waals surface area (Å²) in [7, 11) is 0. The minimum Gasteiger partial charge on any atom is -0.356 e. The molecule has 0 spiro atoms. The molecule has 0 aromatic carbocycles. The lowest BCUT2D eigenvalue weighted by Crippen LogP contribution is -2.30. The van der Waals surface area contributed by atoms with Crippen LogP contribution in [-0.2, 0) is 4.79 Å². The molecule has 0 bridgehead atoms. The molecule has 1 N–H and O–H groups in total. The van der Waals surface area contributed by atoms with Gasteiger partial charge in [-0.25, -0.2) is 0 Å². The molecule has 0 saturated heterocycles. The van der Waals surface area contributed by atoms with E-state index in [0.29, 0.717) is 11.8 Å². The number of hydrogen-bond donors (Lipinski definition) is 1.